The van der Waals surface area contributed by atoms with E-state index in [9.17, 15) is 14.7 Å². The Balaban J connectivity index is 1.39. The SMILES string of the molecule is NC1(C(=O)N2CCC(C(=O)c3ccc(O)cc3)CC2)Cc2ccccc2C1. The number of nitrogens with two attached hydrogens (primary N) is 1. The lowest BCUT2D eigenvalue weighted by molar-refractivity contribution is -0.138. The molecule has 3 N–H and O–H groups in total. The molecule has 0 spiro atoms. The number of Topliss-reactive ketones (excluding diaryl/α,β-unsaturated/α-hetero) is 1. The highest BCUT2D eigenvalue weighted by atomic mass is 16.3. The van der Waals surface area contributed by atoms with E-state index in [0.29, 0.717) is 44.3 Å². The first kappa shape index (κ1) is 17.7. The summed E-state index contributed by atoms with van der Waals surface area (Å²) >= 11 is 0. The first-order valence-corrected chi connectivity index (χ1v) is 9.44. The molecule has 1 aliphatic heterocycles. The molecule has 2 aromatic carbocycles. The number of piperidine rings is 1. The summed E-state index contributed by atoms with van der Waals surface area (Å²) in [7, 11) is 0. The van der Waals surface area contributed by atoms with Crippen molar-refractivity contribution in [1.29, 1.82) is 0 Å². The van der Waals surface area contributed by atoms with Gasteiger partial charge in [0.15, 0.2) is 5.78 Å². The summed E-state index contributed by atoms with van der Waals surface area (Å²) < 4.78 is 0. The number of phenols is 1. The van der Waals surface area contributed by atoms with Gasteiger partial charge in [-0.25, -0.2) is 0 Å². The smallest absolute Gasteiger partial charge is 0.243 e. The van der Waals surface area contributed by atoms with Crippen LogP contribution in [0.2, 0.25) is 0 Å². The second kappa shape index (κ2) is 6.82. The first-order chi connectivity index (χ1) is 13.0. The Morgan fingerprint density at radius 2 is 1.52 bits per heavy atom. The molecular formula is C22H24N2O3. The second-order valence-electron chi connectivity index (χ2n) is 7.76. The number of ketones is 1. The summed E-state index contributed by atoms with van der Waals surface area (Å²) in [5, 5.41) is 9.37. The van der Waals surface area contributed by atoms with Crippen molar-refractivity contribution >= 4 is 11.7 Å². The van der Waals surface area contributed by atoms with Gasteiger partial charge in [0.2, 0.25) is 5.91 Å². The van der Waals surface area contributed by atoms with Crippen LogP contribution in [0, 0.1) is 5.92 Å². The predicted octanol–water partition coefficient (Wildman–Crippen LogP) is 2.31. The molecule has 5 nitrogen and oxygen atoms in total. The molecule has 4 rings (SSSR count). The van der Waals surface area contributed by atoms with Gasteiger partial charge in [-0.1, -0.05) is 24.3 Å². The fraction of sp³-hybridized carbons (Fsp3) is 0.364. The molecule has 2 aromatic rings. The summed E-state index contributed by atoms with van der Waals surface area (Å²) in [5.41, 5.74) is 8.56. The average molecular weight is 364 g/mol. The van der Waals surface area contributed by atoms with Crippen molar-refractivity contribution in [3.8, 4) is 5.75 Å². The second-order valence-corrected chi connectivity index (χ2v) is 7.76. The molecular weight excluding hydrogens is 340 g/mol. The Labute approximate surface area is 158 Å². The van der Waals surface area contributed by atoms with Crippen molar-refractivity contribution in [2.45, 2.75) is 31.2 Å². The van der Waals surface area contributed by atoms with Crippen LogP contribution in [0.4, 0.5) is 0 Å². The number of phenolic OH excluding ortho intramolecular Hbond substituents is 1. The van der Waals surface area contributed by atoms with Gasteiger partial charge in [-0.05, 0) is 61.1 Å². The van der Waals surface area contributed by atoms with Gasteiger partial charge in [-0.15, -0.1) is 0 Å². The number of fused-ring (bicyclic) bond motifs is 1. The standard InChI is InChI=1S/C22H24N2O3/c23-22(13-17-3-1-2-4-18(17)14-22)21(27)24-11-9-16(10-12-24)20(26)15-5-7-19(25)8-6-15/h1-8,16,25H,9-14,23H2. The number of hydrogen-bond acceptors (Lipinski definition) is 4. The monoisotopic (exact) mass is 364 g/mol. The maximum Gasteiger partial charge on any atom is 0.243 e. The Morgan fingerprint density at radius 3 is 2.07 bits per heavy atom. The van der Waals surface area contributed by atoms with Gasteiger partial charge in [0.1, 0.15) is 11.3 Å². The number of rotatable bonds is 3. The highest BCUT2D eigenvalue weighted by Crippen LogP contribution is 2.31. The fourth-order valence-corrected chi connectivity index (χ4v) is 4.32. The summed E-state index contributed by atoms with van der Waals surface area (Å²) in [6.07, 6.45) is 2.45. The average Bonchev–Trinajstić information content (AvgIpc) is 3.05. The molecule has 1 heterocycles. The Hall–Kier alpha value is -2.66. The lowest BCUT2D eigenvalue weighted by Gasteiger charge is -2.36. The zero-order valence-corrected chi connectivity index (χ0v) is 15.2. The third-order valence-electron chi connectivity index (χ3n) is 5.86. The van der Waals surface area contributed by atoms with E-state index in [4.69, 9.17) is 5.73 Å². The molecule has 0 bridgehead atoms. The van der Waals surface area contributed by atoms with E-state index in [1.165, 1.54) is 12.1 Å². The molecule has 27 heavy (non-hydrogen) atoms. The lowest BCUT2D eigenvalue weighted by Crippen LogP contribution is -2.57. The number of carbonyl (C=O) groups is 2. The van der Waals surface area contributed by atoms with E-state index in [2.05, 4.69) is 0 Å². The van der Waals surface area contributed by atoms with Gasteiger partial charge in [0.05, 0.1) is 0 Å². The van der Waals surface area contributed by atoms with Crippen LogP contribution in [-0.4, -0.2) is 40.3 Å². The highest BCUT2D eigenvalue weighted by Gasteiger charge is 2.43. The zero-order valence-electron chi connectivity index (χ0n) is 15.2. The van der Waals surface area contributed by atoms with E-state index in [1.807, 2.05) is 29.2 Å². The Morgan fingerprint density at radius 1 is 0.963 bits per heavy atom. The molecule has 2 aliphatic rings. The van der Waals surface area contributed by atoms with Crippen LogP contribution in [0.5, 0.6) is 5.75 Å². The van der Waals surface area contributed by atoms with E-state index in [-0.39, 0.29) is 23.4 Å². The highest BCUT2D eigenvalue weighted by molar-refractivity contribution is 5.98. The minimum atomic E-state index is -0.864. The number of carbonyl (C=O) groups excluding carboxylic acids is 2. The number of aromatic hydroxyl groups is 1. The van der Waals surface area contributed by atoms with Gasteiger partial charge in [-0.2, -0.15) is 0 Å². The molecule has 1 fully saturated rings. The first-order valence-electron chi connectivity index (χ1n) is 9.44. The van der Waals surface area contributed by atoms with Crippen molar-refractivity contribution in [1.82, 2.24) is 4.90 Å². The van der Waals surface area contributed by atoms with Crippen molar-refractivity contribution in [3.05, 3.63) is 65.2 Å². The van der Waals surface area contributed by atoms with Crippen LogP contribution in [0.3, 0.4) is 0 Å². The molecule has 0 aromatic heterocycles. The number of nitrogens with zero attached hydrogens (tertiary/aromatic N) is 1. The molecule has 0 atom stereocenters. The number of amides is 1. The van der Waals surface area contributed by atoms with Crippen LogP contribution in [-0.2, 0) is 17.6 Å². The van der Waals surface area contributed by atoms with Gasteiger partial charge in [0, 0.05) is 24.6 Å². The number of hydrogen-bond donors (Lipinski definition) is 2. The third kappa shape index (κ3) is 3.35. The van der Waals surface area contributed by atoms with E-state index in [0.717, 1.165) is 11.1 Å². The molecule has 0 saturated carbocycles. The number of benzene rings is 2. The van der Waals surface area contributed by atoms with E-state index >= 15 is 0 Å². The molecule has 5 heteroatoms. The van der Waals surface area contributed by atoms with Crippen molar-refractivity contribution in [3.63, 3.8) is 0 Å². The molecule has 0 radical (unpaired) electrons. The minimum absolute atomic E-state index is 0.00534. The summed E-state index contributed by atoms with van der Waals surface area (Å²) in [6, 6.07) is 14.4. The van der Waals surface area contributed by atoms with Crippen molar-refractivity contribution < 1.29 is 14.7 Å². The van der Waals surface area contributed by atoms with Gasteiger partial charge < -0.3 is 15.7 Å². The van der Waals surface area contributed by atoms with Crippen LogP contribution in [0.25, 0.3) is 0 Å². The minimum Gasteiger partial charge on any atom is -0.508 e. The van der Waals surface area contributed by atoms with E-state index in [1.54, 1.807) is 12.1 Å². The van der Waals surface area contributed by atoms with Crippen LogP contribution in [0.15, 0.2) is 48.5 Å². The van der Waals surface area contributed by atoms with Gasteiger partial charge >= 0.3 is 0 Å². The Kier molecular flexibility index (Phi) is 4.48. The lowest BCUT2D eigenvalue weighted by atomic mass is 9.87. The van der Waals surface area contributed by atoms with Crippen LogP contribution >= 0.6 is 0 Å². The number of likely N-dealkylation sites (tertiary alicyclic amines) is 1. The van der Waals surface area contributed by atoms with Gasteiger partial charge in [-0.3, -0.25) is 9.59 Å². The largest absolute Gasteiger partial charge is 0.508 e. The summed E-state index contributed by atoms with van der Waals surface area (Å²) in [6.45, 7) is 1.12. The molecule has 1 amide bonds. The maximum absolute atomic E-state index is 13.1. The van der Waals surface area contributed by atoms with E-state index < -0.39 is 5.54 Å². The predicted molar refractivity (Wildman–Crippen MR) is 103 cm³/mol. The molecule has 0 unspecified atom stereocenters. The molecule has 1 saturated heterocycles. The summed E-state index contributed by atoms with van der Waals surface area (Å²) in [5.74, 6) is 0.137. The summed E-state index contributed by atoms with van der Waals surface area (Å²) in [4.78, 5) is 27.5. The zero-order chi connectivity index (χ0) is 19.0. The molecule has 140 valence electrons. The normalized spacial score (nSPS) is 18.9. The van der Waals surface area contributed by atoms with Crippen molar-refractivity contribution in [2.75, 3.05) is 13.1 Å². The third-order valence-corrected chi connectivity index (χ3v) is 5.86. The molecule has 1 aliphatic carbocycles. The van der Waals surface area contributed by atoms with Gasteiger partial charge in [0.25, 0.3) is 0 Å². The maximum atomic E-state index is 13.1. The quantitative estimate of drug-likeness (QED) is 0.819. The Bertz CT molecular complexity index is 842. The van der Waals surface area contributed by atoms with Crippen LogP contribution < -0.4 is 5.73 Å². The fourth-order valence-electron chi connectivity index (χ4n) is 4.32. The van der Waals surface area contributed by atoms with Crippen molar-refractivity contribution in [2.24, 2.45) is 11.7 Å². The van der Waals surface area contributed by atoms with Crippen LogP contribution in [0.1, 0.15) is 34.3 Å². The topological polar surface area (TPSA) is 83.6 Å².